The Morgan fingerprint density at radius 3 is 2.55 bits per heavy atom. The molecule has 2 aromatic heterocycles. The van der Waals surface area contributed by atoms with Crippen molar-refractivity contribution in [3.63, 3.8) is 0 Å². The third kappa shape index (κ3) is 2.78. The second kappa shape index (κ2) is 6.18. The Kier molecular flexibility index (Phi) is 4.26. The topological polar surface area (TPSA) is 58.6 Å². The summed E-state index contributed by atoms with van der Waals surface area (Å²) in [6, 6.07) is 11.1. The Bertz CT molecular complexity index is 891. The Hall–Kier alpha value is -1.73. The first-order valence-corrected chi connectivity index (χ1v) is 7.99. The molecule has 4 nitrogen and oxygen atoms in total. The Morgan fingerprint density at radius 2 is 1.86 bits per heavy atom. The molecular weight excluding hydrogens is 413 g/mol. The summed E-state index contributed by atoms with van der Waals surface area (Å²) in [4.78, 5) is 16.8. The zero-order valence-corrected chi connectivity index (χ0v) is 14.5. The Balaban J connectivity index is 2.36. The van der Waals surface area contributed by atoms with Crippen LogP contribution < -0.4 is 5.56 Å². The van der Waals surface area contributed by atoms with Gasteiger partial charge in [0.2, 0.25) is 0 Å². The van der Waals surface area contributed by atoms with E-state index < -0.39 is 0 Å². The number of aromatic nitrogens is 3. The molecule has 0 saturated carbocycles. The van der Waals surface area contributed by atoms with Crippen LogP contribution in [-0.4, -0.2) is 15.2 Å². The smallest absolute Gasteiger partial charge is 0.267 e. The molecule has 0 unspecified atom stereocenters. The van der Waals surface area contributed by atoms with Crippen LogP contribution in [0.5, 0.6) is 0 Å². The van der Waals surface area contributed by atoms with Crippen molar-refractivity contribution in [1.82, 2.24) is 15.2 Å². The molecule has 0 aliphatic carbocycles. The molecule has 0 aliphatic rings. The predicted octanol–water partition coefficient (Wildman–Crippen LogP) is 4.07. The lowest BCUT2D eigenvalue weighted by Crippen LogP contribution is -2.15. The van der Waals surface area contributed by atoms with Crippen molar-refractivity contribution >= 4 is 34.2 Å². The summed E-state index contributed by atoms with van der Waals surface area (Å²) in [6.07, 6.45) is 1.68. The molecule has 2 heterocycles. The number of hydrogen-bond acceptors (Lipinski definition) is 3. The van der Waals surface area contributed by atoms with Crippen LogP contribution in [0.15, 0.2) is 47.4 Å². The number of aromatic amines is 1. The van der Waals surface area contributed by atoms with Gasteiger partial charge in [-0.2, -0.15) is 5.10 Å². The molecule has 0 atom stereocenters. The second-order valence-corrected chi connectivity index (χ2v) is 6.33. The van der Waals surface area contributed by atoms with Crippen molar-refractivity contribution in [2.45, 2.75) is 6.92 Å². The maximum Gasteiger partial charge on any atom is 0.274 e. The molecular formula is C16H11ClIN3O. The van der Waals surface area contributed by atoms with Crippen molar-refractivity contribution in [3.05, 3.63) is 67.2 Å². The van der Waals surface area contributed by atoms with Gasteiger partial charge in [0.1, 0.15) is 0 Å². The summed E-state index contributed by atoms with van der Waals surface area (Å²) in [5, 5.41) is 7.28. The molecule has 3 aromatic rings. The maximum atomic E-state index is 12.4. The van der Waals surface area contributed by atoms with Gasteiger partial charge in [-0.05, 0) is 59.3 Å². The highest BCUT2D eigenvalue weighted by Gasteiger charge is 2.18. The summed E-state index contributed by atoms with van der Waals surface area (Å²) >= 11 is 8.13. The van der Waals surface area contributed by atoms with Crippen LogP contribution in [0.2, 0.25) is 5.02 Å². The molecule has 0 bridgehead atoms. The third-order valence-electron chi connectivity index (χ3n) is 3.29. The number of nitrogens with zero attached hydrogens (tertiary/aromatic N) is 2. The fourth-order valence-corrected chi connectivity index (χ4v) is 3.05. The number of nitrogens with one attached hydrogen (secondary N) is 1. The van der Waals surface area contributed by atoms with E-state index in [1.54, 1.807) is 18.3 Å². The van der Waals surface area contributed by atoms with E-state index in [1.165, 1.54) is 0 Å². The average molecular weight is 424 g/mol. The van der Waals surface area contributed by atoms with E-state index in [2.05, 4.69) is 37.8 Å². The van der Waals surface area contributed by atoms with Crippen molar-refractivity contribution in [3.8, 4) is 22.4 Å². The lowest BCUT2D eigenvalue weighted by atomic mass is 9.97. The van der Waals surface area contributed by atoms with Crippen LogP contribution >= 0.6 is 34.2 Å². The molecule has 0 fully saturated rings. The lowest BCUT2D eigenvalue weighted by Gasteiger charge is -2.12. The van der Waals surface area contributed by atoms with Gasteiger partial charge in [-0.25, -0.2) is 5.10 Å². The number of H-pyrrole nitrogens is 1. The Morgan fingerprint density at radius 1 is 1.14 bits per heavy atom. The van der Waals surface area contributed by atoms with Crippen molar-refractivity contribution in [2.24, 2.45) is 0 Å². The van der Waals surface area contributed by atoms with Gasteiger partial charge in [0, 0.05) is 20.4 Å². The second-order valence-electron chi connectivity index (χ2n) is 4.73. The van der Waals surface area contributed by atoms with Gasteiger partial charge in [0.05, 0.1) is 17.0 Å². The van der Waals surface area contributed by atoms with Crippen LogP contribution in [0.3, 0.4) is 0 Å². The highest BCUT2D eigenvalue weighted by molar-refractivity contribution is 14.1. The van der Waals surface area contributed by atoms with E-state index in [4.69, 9.17) is 11.6 Å². The predicted molar refractivity (Wildman–Crippen MR) is 96.0 cm³/mol. The van der Waals surface area contributed by atoms with Gasteiger partial charge >= 0.3 is 0 Å². The quantitative estimate of drug-likeness (QED) is 0.632. The molecule has 0 radical (unpaired) electrons. The number of rotatable bonds is 2. The number of halogens is 2. The lowest BCUT2D eigenvalue weighted by molar-refractivity contribution is 0.949. The summed E-state index contributed by atoms with van der Waals surface area (Å²) in [7, 11) is 0. The fraction of sp³-hybridized carbons (Fsp3) is 0.0625. The van der Waals surface area contributed by atoms with E-state index in [1.807, 2.05) is 31.2 Å². The van der Waals surface area contributed by atoms with E-state index in [0.717, 1.165) is 20.4 Å². The third-order valence-corrected chi connectivity index (χ3v) is 4.41. The number of hydrogen-bond donors (Lipinski definition) is 1. The van der Waals surface area contributed by atoms with E-state index in [9.17, 15) is 4.79 Å². The van der Waals surface area contributed by atoms with Gasteiger partial charge in [-0.1, -0.05) is 23.7 Å². The highest BCUT2D eigenvalue weighted by Crippen LogP contribution is 2.32. The SMILES string of the molecule is Cc1n[nH]c(=O)c(-c2ncccc2I)c1-c1ccc(Cl)cc1. The fourth-order valence-electron chi connectivity index (χ4n) is 2.31. The summed E-state index contributed by atoms with van der Waals surface area (Å²) in [5.41, 5.74) is 3.32. The highest BCUT2D eigenvalue weighted by atomic mass is 127. The van der Waals surface area contributed by atoms with E-state index in [-0.39, 0.29) is 5.56 Å². The molecule has 0 amide bonds. The van der Waals surface area contributed by atoms with E-state index >= 15 is 0 Å². The molecule has 0 spiro atoms. The molecule has 0 saturated heterocycles. The normalized spacial score (nSPS) is 10.7. The van der Waals surface area contributed by atoms with Crippen LogP contribution in [0.1, 0.15) is 5.69 Å². The number of pyridine rings is 1. The molecule has 1 aromatic carbocycles. The van der Waals surface area contributed by atoms with Gasteiger partial charge in [-0.3, -0.25) is 9.78 Å². The minimum absolute atomic E-state index is 0.257. The van der Waals surface area contributed by atoms with Gasteiger partial charge in [-0.15, -0.1) is 0 Å². The largest absolute Gasteiger partial charge is 0.274 e. The summed E-state index contributed by atoms with van der Waals surface area (Å²) in [5.74, 6) is 0. The summed E-state index contributed by atoms with van der Waals surface area (Å²) in [6.45, 7) is 1.86. The minimum Gasteiger partial charge on any atom is -0.267 e. The maximum absolute atomic E-state index is 12.4. The molecule has 3 rings (SSSR count). The molecule has 0 aliphatic heterocycles. The monoisotopic (exact) mass is 423 g/mol. The number of benzene rings is 1. The Labute approximate surface area is 145 Å². The standard InChI is InChI=1S/C16H11ClIN3O/c1-9-13(10-4-6-11(17)7-5-10)14(16(22)21-20-9)15-12(18)3-2-8-19-15/h2-8H,1H3,(H,21,22). The van der Waals surface area contributed by atoms with Gasteiger partial charge in [0.15, 0.2) is 0 Å². The molecule has 22 heavy (non-hydrogen) atoms. The van der Waals surface area contributed by atoms with Crippen LogP contribution in [0, 0.1) is 10.5 Å². The zero-order valence-electron chi connectivity index (χ0n) is 11.6. The van der Waals surface area contributed by atoms with Crippen LogP contribution in [-0.2, 0) is 0 Å². The first kappa shape index (κ1) is 15.2. The first-order valence-electron chi connectivity index (χ1n) is 6.54. The van der Waals surface area contributed by atoms with Crippen LogP contribution in [0.4, 0.5) is 0 Å². The molecule has 110 valence electrons. The number of aryl methyl sites for hydroxylation is 1. The molecule has 1 N–H and O–H groups in total. The minimum atomic E-state index is -0.257. The van der Waals surface area contributed by atoms with E-state index in [0.29, 0.717) is 16.3 Å². The van der Waals surface area contributed by atoms with Crippen molar-refractivity contribution in [2.75, 3.05) is 0 Å². The van der Waals surface area contributed by atoms with Crippen molar-refractivity contribution < 1.29 is 0 Å². The van der Waals surface area contributed by atoms with Gasteiger partial charge in [0.25, 0.3) is 5.56 Å². The first-order chi connectivity index (χ1) is 10.6. The van der Waals surface area contributed by atoms with Crippen LogP contribution in [0.25, 0.3) is 22.4 Å². The van der Waals surface area contributed by atoms with Crippen molar-refractivity contribution in [1.29, 1.82) is 0 Å². The zero-order chi connectivity index (χ0) is 15.7. The average Bonchev–Trinajstić information content (AvgIpc) is 2.51. The summed E-state index contributed by atoms with van der Waals surface area (Å²) < 4.78 is 0.909. The van der Waals surface area contributed by atoms with Gasteiger partial charge < -0.3 is 0 Å². The molecule has 6 heteroatoms.